The number of amides is 1. The summed E-state index contributed by atoms with van der Waals surface area (Å²) in [7, 11) is 0. The van der Waals surface area contributed by atoms with Crippen LogP contribution in [0.4, 0.5) is 5.69 Å². The molecule has 0 unspecified atom stereocenters. The van der Waals surface area contributed by atoms with E-state index in [0.717, 1.165) is 4.88 Å². The van der Waals surface area contributed by atoms with Gasteiger partial charge in [-0.15, -0.1) is 11.3 Å². The maximum Gasteiger partial charge on any atom is 0.335 e. The van der Waals surface area contributed by atoms with E-state index in [1.165, 1.54) is 29.7 Å². The first-order valence-electron chi connectivity index (χ1n) is 6.37. The number of thiophene rings is 1. The molecule has 2 aromatic heterocycles. The van der Waals surface area contributed by atoms with Crippen molar-refractivity contribution in [2.45, 2.75) is 0 Å². The molecule has 1 aromatic carbocycles. The number of hydrogen-bond donors (Lipinski definition) is 3. The van der Waals surface area contributed by atoms with Crippen LogP contribution in [0.15, 0.2) is 48.0 Å². The Balaban J connectivity index is 1.86. The second kappa shape index (κ2) is 5.82. The number of carbonyl (C=O) groups excluding carboxylic acids is 1. The molecule has 6 nitrogen and oxygen atoms in total. The van der Waals surface area contributed by atoms with E-state index in [0.29, 0.717) is 16.9 Å². The van der Waals surface area contributed by atoms with Crippen molar-refractivity contribution in [2.75, 3.05) is 5.32 Å². The average molecular weight is 313 g/mol. The second-order valence-corrected chi connectivity index (χ2v) is 5.42. The molecule has 0 saturated heterocycles. The van der Waals surface area contributed by atoms with Gasteiger partial charge in [0.2, 0.25) is 0 Å². The van der Waals surface area contributed by atoms with Crippen molar-refractivity contribution in [1.29, 1.82) is 0 Å². The number of aromatic nitrogens is 2. The highest BCUT2D eigenvalue weighted by Gasteiger charge is 2.16. The minimum atomic E-state index is -1.04. The van der Waals surface area contributed by atoms with Crippen molar-refractivity contribution in [2.24, 2.45) is 0 Å². The predicted octanol–water partition coefficient (Wildman–Crippen LogP) is 3.09. The minimum Gasteiger partial charge on any atom is -0.478 e. The number of carboxylic acids is 1. The molecule has 110 valence electrons. The Bertz CT molecular complexity index is 824. The molecular weight excluding hydrogens is 302 g/mol. The summed E-state index contributed by atoms with van der Waals surface area (Å²) in [5, 5.41) is 20.3. The third-order valence-corrected chi connectivity index (χ3v) is 3.91. The van der Waals surface area contributed by atoms with Gasteiger partial charge in [0.25, 0.3) is 5.91 Å². The second-order valence-electron chi connectivity index (χ2n) is 4.48. The highest BCUT2D eigenvalue weighted by atomic mass is 32.1. The average Bonchev–Trinajstić information content (AvgIpc) is 3.18. The number of aromatic amines is 1. The zero-order valence-electron chi connectivity index (χ0n) is 11.2. The van der Waals surface area contributed by atoms with E-state index in [9.17, 15) is 9.59 Å². The lowest BCUT2D eigenvalue weighted by molar-refractivity contribution is 0.0696. The summed E-state index contributed by atoms with van der Waals surface area (Å²) >= 11 is 1.50. The van der Waals surface area contributed by atoms with Gasteiger partial charge in [0.05, 0.1) is 27.9 Å². The van der Waals surface area contributed by atoms with E-state index < -0.39 is 5.97 Å². The number of hydrogen-bond acceptors (Lipinski definition) is 4. The van der Waals surface area contributed by atoms with Crippen LogP contribution in [-0.4, -0.2) is 27.2 Å². The van der Waals surface area contributed by atoms with Gasteiger partial charge in [-0.2, -0.15) is 5.10 Å². The van der Waals surface area contributed by atoms with E-state index in [-0.39, 0.29) is 11.5 Å². The zero-order valence-corrected chi connectivity index (χ0v) is 12.1. The number of benzene rings is 1. The number of aromatic carboxylic acids is 1. The van der Waals surface area contributed by atoms with Gasteiger partial charge in [0.1, 0.15) is 0 Å². The lowest BCUT2D eigenvalue weighted by Crippen LogP contribution is -2.12. The Labute approximate surface area is 129 Å². The van der Waals surface area contributed by atoms with Gasteiger partial charge in [-0.3, -0.25) is 9.89 Å². The summed E-state index contributed by atoms with van der Waals surface area (Å²) in [4.78, 5) is 24.2. The van der Waals surface area contributed by atoms with Crippen molar-refractivity contribution in [3.63, 3.8) is 0 Å². The van der Waals surface area contributed by atoms with E-state index in [1.807, 2.05) is 17.5 Å². The Morgan fingerprint density at radius 2 is 2.09 bits per heavy atom. The molecule has 0 atom stereocenters. The van der Waals surface area contributed by atoms with Crippen molar-refractivity contribution in [3.05, 3.63) is 59.1 Å². The first kappa shape index (κ1) is 14.0. The topological polar surface area (TPSA) is 95.1 Å². The molecule has 0 spiro atoms. The van der Waals surface area contributed by atoms with Crippen LogP contribution in [0.1, 0.15) is 20.7 Å². The molecule has 3 rings (SSSR count). The Morgan fingerprint density at radius 1 is 1.23 bits per heavy atom. The minimum absolute atomic E-state index is 0.114. The fourth-order valence-corrected chi connectivity index (χ4v) is 2.73. The van der Waals surface area contributed by atoms with Gasteiger partial charge < -0.3 is 10.4 Å². The Morgan fingerprint density at radius 3 is 2.82 bits per heavy atom. The smallest absolute Gasteiger partial charge is 0.335 e. The number of nitrogens with zero attached hydrogens (tertiary/aromatic N) is 1. The third-order valence-electron chi connectivity index (χ3n) is 3.02. The summed E-state index contributed by atoms with van der Waals surface area (Å²) < 4.78 is 0. The van der Waals surface area contributed by atoms with E-state index in [4.69, 9.17) is 5.11 Å². The molecule has 0 aliphatic rings. The molecule has 22 heavy (non-hydrogen) atoms. The van der Waals surface area contributed by atoms with Crippen LogP contribution in [0.2, 0.25) is 0 Å². The van der Waals surface area contributed by atoms with Gasteiger partial charge in [0, 0.05) is 5.69 Å². The van der Waals surface area contributed by atoms with Crippen molar-refractivity contribution >= 4 is 28.9 Å². The van der Waals surface area contributed by atoms with Crippen molar-refractivity contribution < 1.29 is 14.7 Å². The van der Waals surface area contributed by atoms with Gasteiger partial charge in [-0.25, -0.2) is 4.79 Å². The quantitative estimate of drug-likeness (QED) is 0.689. The summed E-state index contributed by atoms with van der Waals surface area (Å²) in [5.74, 6) is -1.39. The van der Waals surface area contributed by atoms with Gasteiger partial charge in [0.15, 0.2) is 0 Å². The van der Waals surface area contributed by atoms with E-state index in [1.54, 1.807) is 12.1 Å². The van der Waals surface area contributed by atoms with Gasteiger partial charge in [-0.05, 0) is 29.6 Å². The Hall–Kier alpha value is -2.93. The largest absolute Gasteiger partial charge is 0.478 e. The normalized spacial score (nSPS) is 10.4. The lowest BCUT2D eigenvalue weighted by Gasteiger charge is -2.06. The fourth-order valence-electron chi connectivity index (χ4n) is 2.00. The Kier molecular flexibility index (Phi) is 3.71. The van der Waals surface area contributed by atoms with E-state index >= 15 is 0 Å². The van der Waals surface area contributed by atoms with Crippen LogP contribution in [0.3, 0.4) is 0 Å². The monoisotopic (exact) mass is 313 g/mol. The molecular formula is C15H11N3O3S. The molecule has 0 radical (unpaired) electrons. The van der Waals surface area contributed by atoms with Crippen LogP contribution in [0.5, 0.6) is 0 Å². The standard InChI is InChI=1S/C15H11N3O3S/c19-14(17-10-4-1-3-9(7-10)15(20)21)11-8-16-18-13(11)12-5-2-6-22-12/h1-8H,(H,16,18)(H,17,19)(H,20,21). The summed E-state index contributed by atoms with van der Waals surface area (Å²) in [6.07, 6.45) is 1.45. The number of nitrogens with one attached hydrogen (secondary N) is 2. The molecule has 3 aromatic rings. The molecule has 1 amide bonds. The SMILES string of the molecule is O=C(O)c1cccc(NC(=O)c2cn[nH]c2-c2cccs2)c1. The summed E-state index contributed by atoms with van der Waals surface area (Å²) in [6.45, 7) is 0. The third kappa shape index (κ3) is 2.75. The van der Waals surface area contributed by atoms with Crippen LogP contribution < -0.4 is 5.32 Å². The maximum absolute atomic E-state index is 12.4. The molecule has 0 aliphatic heterocycles. The van der Waals surface area contributed by atoms with Crippen molar-refractivity contribution in [1.82, 2.24) is 10.2 Å². The first-order valence-corrected chi connectivity index (χ1v) is 7.25. The molecule has 0 saturated carbocycles. The molecule has 0 bridgehead atoms. The fraction of sp³-hybridized carbons (Fsp3) is 0. The summed E-state index contributed by atoms with van der Waals surface area (Å²) in [6, 6.07) is 9.86. The van der Waals surface area contributed by atoms with Crippen LogP contribution >= 0.6 is 11.3 Å². The molecule has 7 heteroatoms. The lowest BCUT2D eigenvalue weighted by atomic mass is 10.1. The number of anilines is 1. The van der Waals surface area contributed by atoms with Crippen molar-refractivity contribution in [3.8, 4) is 10.6 Å². The maximum atomic E-state index is 12.4. The number of H-pyrrole nitrogens is 1. The number of carboxylic acid groups (broad SMARTS) is 1. The molecule has 2 heterocycles. The highest BCUT2D eigenvalue weighted by Crippen LogP contribution is 2.26. The van der Waals surface area contributed by atoms with Gasteiger partial charge in [-0.1, -0.05) is 12.1 Å². The van der Waals surface area contributed by atoms with Crippen LogP contribution in [0, 0.1) is 0 Å². The van der Waals surface area contributed by atoms with Gasteiger partial charge >= 0.3 is 5.97 Å². The first-order chi connectivity index (χ1) is 10.6. The predicted molar refractivity (Wildman–Crippen MR) is 83.3 cm³/mol. The highest BCUT2D eigenvalue weighted by molar-refractivity contribution is 7.13. The van der Waals surface area contributed by atoms with E-state index in [2.05, 4.69) is 15.5 Å². The number of rotatable bonds is 4. The van der Waals surface area contributed by atoms with Crippen LogP contribution in [0.25, 0.3) is 10.6 Å². The zero-order chi connectivity index (χ0) is 15.5. The molecule has 3 N–H and O–H groups in total. The molecule has 0 fully saturated rings. The number of carbonyl (C=O) groups is 2. The molecule has 0 aliphatic carbocycles. The van der Waals surface area contributed by atoms with Crippen LogP contribution in [-0.2, 0) is 0 Å². The summed E-state index contributed by atoms with van der Waals surface area (Å²) in [5.41, 5.74) is 1.58.